The second-order valence-corrected chi connectivity index (χ2v) is 10.4. The van der Waals surface area contributed by atoms with Crippen molar-refractivity contribution in [3.63, 3.8) is 0 Å². The van der Waals surface area contributed by atoms with Crippen molar-refractivity contribution >= 4 is 33.0 Å². The van der Waals surface area contributed by atoms with Crippen molar-refractivity contribution in [2.24, 2.45) is 0 Å². The van der Waals surface area contributed by atoms with Crippen LogP contribution in [0.25, 0.3) is 0 Å². The molecule has 0 radical (unpaired) electrons. The van der Waals surface area contributed by atoms with Gasteiger partial charge >= 0.3 is 0 Å². The minimum Gasteiger partial charge on any atom is -0.321 e. The first-order valence-electron chi connectivity index (χ1n) is 8.28. The number of nitrogens with zero attached hydrogens (tertiary/aromatic N) is 2. The van der Waals surface area contributed by atoms with Crippen molar-refractivity contribution in [1.82, 2.24) is 9.29 Å². The molecule has 6 nitrogen and oxygen atoms in total. The third kappa shape index (κ3) is 4.49. The Labute approximate surface area is 159 Å². The number of rotatable bonds is 5. The van der Waals surface area contributed by atoms with E-state index in [-0.39, 0.29) is 22.3 Å². The van der Waals surface area contributed by atoms with Gasteiger partial charge in [-0.1, -0.05) is 20.8 Å². The summed E-state index contributed by atoms with van der Waals surface area (Å²) in [6.07, 6.45) is 1.57. The number of nitrogens with one attached hydrogen (secondary N) is 1. The van der Waals surface area contributed by atoms with E-state index in [9.17, 15) is 13.2 Å². The standard InChI is InChI=1S/C18H25N3O3S2/c1-12(2)21(6)26(23,24)14-9-7-13(8-10-14)20-16(22)15-11-19-17(25-15)18(3,4)5/h7-12H,1-6H3,(H,20,22). The lowest BCUT2D eigenvalue weighted by molar-refractivity contribution is 0.103. The molecular weight excluding hydrogens is 370 g/mol. The lowest BCUT2D eigenvalue weighted by Crippen LogP contribution is -2.33. The van der Waals surface area contributed by atoms with Crippen LogP contribution in [0.1, 0.15) is 49.3 Å². The first-order chi connectivity index (χ1) is 11.9. The molecule has 0 bridgehead atoms. The summed E-state index contributed by atoms with van der Waals surface area (Å²) in [5, 5.41) is 3.67. The molecule has 0 fully saturated rings. The van der Waals surface area contributed by atoms with E-state index < -0.39 is 10.0 Å². The quantitative estimate of drug-likeness (QED) is 0.837. The summed E-state index contributed by atoms with van der Waals surface area (Å²) in [7, 11) is -1.99. The fourth-order valence-electron chi connectivity index (χ4n) is 2.07. The van der Waals surface area contributed by atoms with Crippen molar-refractivity contribution in [3.05, 3.63) is 40.3 Å². The van der Waals surface area contributed by atoms with Gasteiger partial charge in [-0.05, 0) is 38.1 Å². The SMILES string of the molecule is CC(C)N(C)S(=O)(=O)c1ccc(NC(=O)c2cnc(C(C)(C)C)s2)cc1. The summed E-state index contributed by atoms with van der Waals surface area (Å²) in [6, 6.07) is 6.03. The molecule has 2 aromatic rings. The first-order valence-corrected chi connectivity index (χ1v) is 10.5. The zero-order valence-corrected chi connectivity index (χ0v) is 17.5. The van der Waals surface area contributed by atoms with Crippen LogP contribution in [0.15, 0.2) is 35.4 Å². The van der Waals surface area contributed by atoms with E-state index in [2.05, 4.69) is 10.3 Å². The number of thiazole rings is 1. The van der Waals surface area contributed by atoms with Gasteiger partial charge in [0.25, 0.3) is 5.91 Å². The van der Waals surface area contributed by atoms with Gasteiger partial charge in [0.15, 0.2) is 0 Å². The number of benzene rings is 1. The normalized spacial score (nSPS) is 12.6. The monoisotopic (exact) mass is 395 g/mol. The van der Waals surface area contributed by atoms with Crippen molar-refractivity contribution in [2.75, 3.05) is 12.4 Å². The molecule has 0 spiro atoms. The Kier molecular flexibility index (Phi) is 5.89. The molecule has 142 valence electrons. The topological polar surface area (TPSA) is 79.4 Å². The molecule has 1 aromatic heterocycles. The molecule has 0 aliphatic heterocycles. The Bertz CT molecular complexity index is 879. The van der Waals surface area contributed by atoms with Gasteiger partial charge < -0.3 is 5.32 Å². The number of sulfonamides is 1. The molecule has 0 aliphatic rings. The highest BCUT2D eigenvalue weighted by Gasteiger charge is 2.23. The van der Waals surface area contributed by atoms with Gasteiger partial charge in [0.1, 0.15) is 4.88 Å². The highest BCUT2D eigenvalue weighted by atomic mass is 32.2. The predicted molar refractivity (Wildman–Crippen MR) is 105 cm³/mol. The summed E-state index contributed by atoms with van der Waals surface area (Å²) in [5.41, 5.74) is 0.425. The number of carbonyl (C=O) groups excluding carboxylic acids is 1. The number of aromatic nitrogens is 1. The molecule has 1 heterocycles. The number of anilines is 1. The van der Waals surface area contributed by atoms with Gasteiger partial charge in [-0.2, -0.15) is 4.31 Å². The summed E-state index contributed by atoms with van der Waals surface area (Å²) in [5.74, 6) is -0.257. The number of hydrogen-bond acceptors (Lipinski definition) is 5. The number of hydrogen-bond donors (Lipinski definition) is 1. The maximum absolute atomic E-state index is 12.5. The summed E-state index contributed by atoms with van der Waals surface area (Å²) in [4.78, 5) is 17.4. The van der Waals surface area contributed by atoms with Gasteiger partial charge in [0, 0.05) is 24.2 Å². The Morgan fingerprint density at radius 1 is 1.19 bits per heavy atom. The zero-order chi connectivity index (χ0) is 19.7. The van der Waals surface area contributed by atoms with Crippen LogP contribution in [-0.2, 0) is 15.4 Å². The largest absolute Gasteiger partial charge is 0.321 e. The Balaban J connectivity index is 2.14. The zero-order valence-electron chi connectivity index (χ0n) is 15.9. The minimum atomic E-state index is -3.54. The van der Waals surface area contributed by atoms with Crippen LogP contribution in [0.2, 0.25) is 0 Å². The molecule has 1 N–H and O–H groups in total. The van der Waals surface area contributed by atoms with Crippen LogP contribution < -0.4 is 5.32 Å². The van der Waals surface area contributed by atoms with Crippen molar-refractivity contribution in [1.29, 1.82) is 0 Å². The molecule has 26 heavy (non-hydrogen) atoms. The molecule has 0 saturated heterocycles. The second kappa shape index (κ2) is 7.46. The van der Waals surface area contributed by atoms with Crippen LogP contribution in [0.4, 0.5) is 5.69 Å². The van der Waals surface area contributed by atoms with E-state index in [0.717, 1.165) is 5.01 Å². The van der Waals surface area contributed by atoms with E-state index in [4.69, 9.17) is 0 Å². The van der Waals surface area contributed by atoms with Crippen LogP contribution >= 0.6 is 11.3 Å². The fourth-order valence-corrected chi connectivity index (χ4v) is 4.31. The molecule has 2 rings (SSSR count). The van der Waals surface area contributed by atoms with Crippen LogP contribution in [0.5, 0.6) is 0 Å². The molecule has 1 amide bonds. The highest BCUT2D eigenvalue weighted by molar-refractivity contribution is 7.89. The van der Waals surface area contributed by atoms with Crippen LogP contribution in [0.3, 0.4) is 0 Å². The van der Waals surface area contributed by atoms with Crippen molar-refractivity contribution in [2.45, 2.75) is 51.0 Å². The van der Waals surface area contributed by atoms with Gasteiger partial charge in [-0.25, -0.2) is 13.4 Å². The Morgan fingerprint density at radius 2 is 1.77 bits per heavy atom. The third-order valence-corrected chi connectivity index (χ3v) is 7.36. The smallest absolute Gasteiger partial charge is 0.267 e. The second-order valence-electron chi connectivity index (χ2n) is 7.37. The predicted octanol–water partition coefficient (Wildman–Crippen LogP) is 3.72. The van der Waals surface area contributed by atoms with Gasteiger partial charge in [-0.15, -0.1) is 11.3 Å². The maximum Gasteiger partial charge on any atom is 0.267 e. The molecule has 1 aromatic carbocycles. The molecule has 0 unspecified atom stereocenters. The lowest BCUT2D eigenvalue weighted by atomic mass is 9.98. The van der Waals surface area contributed by atoms with E-state index in [1.54, 1.807) is 25.4 Å². The van der Waals surface area contributed by atoms with Crippen molar-refractivity contribution < 1.29 is 13.2 Å². The molecule has 0 aliphatic carbocycles. The Morgan fingerprint density at radius 3 is 2.23 bits per heavy atom. The lowest BCUT2D eigenvalue weighted by Gasteiger charge is -2.21. The van der Waals surface area contributed by atoms with E-state index in [1.165, 1.54) is 27.8 Å². The Hall–Kier alpha value is -1.77. The minimum absolute atomic E-state index is 0.109. The maximum atomic E-state index is 12.5. The van der Waals surface area contributed by atoms with Gasteiger partial charge in [0.2, 0.25) is 10.0 Å². The highest BCUT2D eigenvalue weighted by Crippen LogP contribution is 2.27. The summed E-state index contributed by atoms with van der Waals surface area (Å²) in [6.45, 7) is 9.75. The average molecular weight is 396 g/mol. The van der Waals surface area contributed by atoms with Gasteiger partial charge in [-0.3, -0.25) is 4.79 Å². The number of amides is 1. The van der Waals surface area contributed by atoms with Crippen molar-refractivity contribution in [3.8, 4) is 0 Å². The van der Waals surface area contributed by atoms with E-state index in [0.29, 0.717) is 10.6 Å². The van der Waals surface area contributed by atoms with Gasteiger partial charge in [0.05, 0.1) is 16.1 Å². The van der Waals surface area contributed by atoms with Crippen LogP contribution in [0, 0.1) is 0 Å². The molecular formula is C18H25N3O3S2. The summed E-state index contributed by atoms with van der Waals surface area (Å²) < 4.78 is 26.2. The fraction of sp³-hybridized carbons (Fsp3) is 0.444. The van der Waals surface area contributed by atoms with E-state index in [1.807, 2.05) is 34.6 Å². The van der Waals surface area contributed by atoms with E-state index >= 15 is 0 Å². The third-order valence-electron chi connectivity index (χ3n) is 3.89. The van der Waals surface area contributed by atoms with Crippen LogP contribution in [-0.4, -0.2) is 36.7 Å². The summed E-state index contributed by atoms with van der Waals surface area (Å²) >= 11 is 1.36. The molecule has 0 atom stereocenters. The first kappa shape index (κ1) is 20.5. The molecule has 8 heteroatoms. The number of carbonyl (C=O) groups is 1. The average Bonchev–Trinajstić information content (AvgIpc) is 3.05. The molecule has 0 saturated carbocycles.